The zero-order chi connectivity index (χ0) is 23.4. The second kappa shape index (κ2) is 9.98. The van der Waals surface area contributed by atoms with Crippen LogP contribution < -0.4 is 14.8 Å². The van der Waals surface area contributed by atoms with Crippen molar-refractivity contribution in [3.63, 3.8) is 0 Å². The number of hydrogen-bond donors (Lipinski definition) is 1. The van der Waals surface area contributed by atoms with Gasteiger partial charge in [0, 0.05) is 31.3 Å². The van der Waals surface area contributed by atoms with Crippen LogP contribution in [-0.4, -0.2) is 40.4 Å². The van der Waals surface area contributed by atoms with Crippen LogP contribution in [0.2, 0.25) is 0 Å². The number of aromatic nitrogens is 2. The van der Waals surface area contributed by atoms with E-state index in [0.29, 0.717) is 29.8 Å². The van der Waals surface area contributed by atoms with Crippen LogP contribution in [0.15, 0.2) is 54.6 Å². The fraction of sp³-hybridized carbons (Fsp3) is 0.385. The number of hydrogen-bond acceptors (Lipinski definition) is 4. The summed E-state index contributed by atoms with van der Waals surface area (Å²) in [5, 5.41) is 7.84. The van der Waals surface area contributed by atoms with Crippen molar-refractivity contribution in [3.05, 3.63) is 60.2 Å². The quantitative estimate of drug-likeness (QED) is 0.487. The summed E-state index contributed by atoms with van der Waals surface area (Å²) in [6, 6.07) is 17.5. The Morgan fingerprint density at radius 2 is 1.88 bits per heavy atom. The summed E-state index contributed by atoms with van der Waals surface area (Å²) in [6.07, 6.45) is 2.33. The zero-order valence-electron chi connectivity index (χ0n) is 19.7. The first-order valence-corrected chi connectivity index (χ1v) is 11.4. The predicted octanol–water partition coefficient (Wildman–Crippen LogP) is 5.22. The monoisotopic (exact) mass is 448 g/mol. The van der Waals surface area contributed by atoms with E-state index < -0.39 is 0 Å². The Morgan fingerprint density at radius 3 is 2.55 bits per heavy atom. The van der Waals surface area contributed by atoms with Crippen LogP contribution >= 0.6 is 0 Å². The van der Waals surface area contributed by atoms with Gasteiger partial charge in [-0.3, -0.25) is 0 Å². The van der Waals surface area contributed by atoms with Crippen LogP contribution in [0.4, 0.5) is 4.79 Å². The molecule has 2 amide bonds. The molecular weight excluding hydrogens is 416 g/mol. The lowest BCUT2D eigenvalue weighted by Gasteiger charge is -2.25. The van der Waals surface area contributed by atoms with Gasteiger partial charge < -0.3 is 19.7 Å². The van der Waals surface area contributed by atoms with Crippen molar-refractivity contribution in [1.82, 2.24) is 20.0 Å². The third-order valence-electron chi connectivity index (χ3n) is 5.61. The average Bonchev–Trinajstić information content (AvgIpc) is 3.58. The van der Waals surface area contributed by atoms with E-state index in [1.807, 2.05) is 80.4 Å². The number of benzene rings is 2. The maximum absolute atomic E-state index is 13.1. The third kappa shape index (κ3) is 5.66. The molecule has 0 unspecified atom stereocenters. The molecule has 7 heteroatoms. The Balaban J connectivity index is 1.73. The summed E-state index contributed by atoms with van der Waals surface area (Å²) in [7, 11) is 3.50. The van der Waals surface area contributed by atoms with Crippen molar-refractivity contribution in [3.8, 4) is 28.6 Å². The first-order chi connectivity index (χ1) is 15.9. The van der Waals surface area contributed by atoms with Gasteiger partial charge in [0.15, 0.2) is 0 Å². The van der Waals surface area contributed by atoms with Crippen LogP contribution in [0.25, 0.3) is 11.3 Å². The zero-order valence-corrected chi connectivity index (χ0v) is 19.7. The second-order valence-corrected chi connectivity index (χ2v) is 8.83. The van der Waals surface area contributed by atoms with Gasteiger partial charge in [-0.1, -0.05) is 36.4 Å². The Kier molecular flexibility index (Phi) is 6.87. The van der Waals surface area contributed by atoms with Crippen LogP contribution in [0.3, 0.4) is 0 Å². The molecule has 0 aliphatic heterocycles. The van der Waals surface area contributed by atoms with Gasteiger partial charge >= 0.3 is 6.03 Å². The summed E-state index contributed by atoms with van der Waals surface area (Å²) in [5.74, 6) is 2.53. The van der Waals surface area contributed by atoms with Gasteiger partial charge in [-0.05, 0) is 44.7 Å². The van der Waals surface area contributed by atoms with Gasteiger partial charge in [0.05, 0.1) is 19.2 Å². The lowest BCUT2D eigenvalue weighted by molar-refractivity contribution is 0.189. The number of rotatable bonds is 9. The fourth-order valence-electron chi connectivity index (χ4n) is 3.79. The van der Waals surface area contributed by atoms with E-state index in [2.05, 4.69) is 5.32 Å². The van der Waals surface area contributed by atoms with Gasteiger partial charge in [-0.25, -0.2) is 9.48 Å². The Morgan fingerprint density at radius 1 is 1.15 bits per heavy atom. The standard InChI is InChI=1S/C26H32N4O3/c1-18(2)27-26(31)30(16-19-13-14-19)17-23-24(20-9-6-5-7-10-20)28-29(3)25(23)33-22-12-8-11-21(15-22)32-4/h5-12,15,18-19H,13-14,16-17H2,1-4H3,(H,27,31). The summed E-state index contributed by atoms with van der Waals surface area (Å²) in [4.78, 5) is 14.9. The highest BCUT2D eigenvalue weighted by Crippen LogP contribution is 2.36. The molecule has 1 aliphatic rings. The van der Waals surface area contributed by atoms with Gasteiger partial charge in [0.2, 0.25) is 5.88 Å². The summed E-state index contributed by atoms with van der Waals surface area (Å²) in [6.45, 7) is 5.08. The maximum atomic E-state index is 13.1. The molecule has 33 heavy (non-hydrogen) atoms. The molecule has 0 atom stereocenters. The van der Waals surface area contributed by atoms with Crippen molar-refractivity contribution in [1.29, 1.82) is 0 Å². The minimum absolute atomic E-state index is 0.0629. The lowest BCUT2D eigenvalue weighted by atomic mass is 10.1. The van der Waals surface area contributed by atoms with E-state index in [1.54, 1.807) is 11.8 Å². The predicted molar refractivity (Wildman–Crippen MR) is 129 cm³/mol. The van der Waals surface area contributed by atoms with E-state index in [0.717, 1.165) is 36.2 Å². The van der Waals surface area contributed by atoms with E-state index in [-0.39, 0.29) is 12.1 Å². The topological polar surface area (TPSA) is 68.6 Å². The molecule has 1 N–H and O–H groups in total. The largest absolute Gasteiger partial charge is 0.497 e. The number of methoxy groups -OCH3 is 1. The summed E-state index contributed by atoms with van der Waals surface area (Å²) >= 11 is 0. The molecule has 0 radical (unpaired) electrons. The van der Waals surface area contributed by atoms with E-state index >= 15 is 0 Å². The molecule has 174 valence electrons. The molecule has 1 saturated carbocycles. The van der Waals surface area contributed by atoms with Crippen molar-refractivity contribution >= 4 is 6.03 Å². The molecule has 1 fully saturated rings. The van der Waals surface area contributed by atoms with E-state index in [9.17, 15) is 4.79 Å². The minimum atomic E-state index is -0.0629. The third-order valence-corrected chi connectivity index (χ3v) is 5.61. The fourth-order valence-corrected chi connectivity index (χ4v) is 3.79. The highest BCUT2D eigenvalue weighted by atomic mass is 16.5. The molecule has 3 aromatic rings. The van der Waals surface area contributed by atoms with Crippen molar-refractivity contribution in [2.24, 2.45) is 13.0 Å². The lowest BCUT2D eigenvalue weighted by Crippen LogP contribution is -2.43. The normalized spacial score (nSPS) is 13.1. The number of amides is 2. The van der Waals surface area contributed by atoms with Gasteiger partial charge in [0.25, 0.3) is 0 Å². The first kappa shape index (κ1) is 22.7. The molecule has 4 rings (SSSR count). The molecule has 2 aromatic carbocycles. The first-order valence-electron chi connectivity index (χ1n) is 11.4. The number of carbonyl (C=O) groups is 1. The van der Waals surface area contributed by atoms with E-state index in [4.69, 9.17) is 14.6 Å². The van der Waals surface area contributed by atoms with Crippen LogP contribution in [0.1, 0.15) is 32.3 Å². The molecule has 0 spiro atoms. The smallest absolute Gasteiger partial charge is 0.317 e. The molecule has 1 aliphatic carbocycles. The Bertz CT molecular complexity index is 1090. The van der Waals surface area contributed by atoms with Crippen LogP contribution in [-0.2, 0) is 13.6 Å². The Hall–Kier alpha value is -3.48. The highest BCUT2D eigenvalue weighted by molar-refractivity contribution is 5.75. The average molecular weight is 449 g/mol. The second-order valence-electron chi connectivity index (χ2n) is 8.83. The molecule has 0 bridgehead atoms. The van der Waals surface area contributed by atoms with Gasteiger partial charge in [-0.2, -0.15) is 5.10 Å². The number of urea groups is 1. The molecule has 1 heterocycles. The summed E-state index contributed by atoms with van der Waals surface area (Å²) < 4.78 is 13.4. The maximum Gasteiger partial charge on any atom is 0.317 e. The van der Waals surface area contributed by atoms with Crippen molar-refractivity contribution in [2.75, 3.05) is 13.7 Å². The van der Waals surface area contributed by atoms with Gasteiger partial charge in [0.1, 0.15) is 17.2 Å². The number of carbonyl (C=O) groups excluding carboxylic acids is 1. The SMILES string of the molecule is COc1cccc(Oc2c(CN(CC3CC3)C(=O)NC(C)C)c(-c3ccccc3)nn2C)c1. The van der Waals surface area contributed by atoms with Crippen molar-refractivity contribution < 1.29 is 14.3 Å². The van der Waals surface area contributed by atoms with Crippen LogP contribution in [0.5, 0.6) is 17.4 Å². The number of ether oxygens (including phenoxy) is 2. The van der Waals surface area contributed by atoms with Crippen LogP contribution in [0, 0.1) is 5.92 Å². The number of nitrogens with one attached hydrogen (secondary N) is 1. The number of aryl methyl sites for hydroxylation is 1. The molecule has 0 saturated heterocycles. The molecular formula is C26H32N4O3. The minimum Gasteiger partial charge on any atom is -0.497 e. The Labute approximate surface area is 195 Å². The molecule has 7 nitrogen and oxygen atoms in total. The molecule has 1 aromatic heterocycles. The highest BCUT2D eigenvalue weighted by Gasteiger charge is 2.30. The van der Waals surface area contributed by atoms with Crippen molar-refractivity contribution in [2.45, 2.75) is 39.3 Å². The number of nitrogens with zero attached hydrogens (tertiary/aromatic N) is 3. The van der Waals surface area contributed by atoms with E-state index in [1.165, 1.54) is 0 Å². The van der Waals surface area contributed by atoms with Gasteiger partial charge in [-0.15, -0.1) is 0 Å². The summed E-state index contributed by atoms with van der Waals surface area (Å²) in [5.41, 5.74) is 2.68.